The summed E-state index contributed by atoms with van der Waals surface area (Å²) in [6.07, 6.45) is 1.19. The van der Waals surface area contributed by atoms with Crippen LogP contribution in [0.15, 0.2) is 83.8 Å². The average Bonchev–Trinajstić information content (AvgIpc) is 3.11. The van der Waals surface area contributed by atoms with Crippen molar-refractivity contribution >= 4 is 60.8 Å². The molecule has 1 amide bonds. The molecule has 8 heteroatoms. The van der Waals surface area contributed by atoms with Crippen molar-refractivity contribution in [2.24, 2.45) is 5.73 Å². The highest BCUT2D eigenvalue weighted by atomic mass is 35.5. The van der Waals surface area contributed by atoms with Gasteiger partial charge in [-0.2, -0.15) is 0 Å². The Balaban J connectivity index is 1.81. The molecule has 35 heavy (non-hydrogen) atoms. The molecule has 2 N–H and O–H groups in total. The number of benzene rings is 4. The third-order valence-corrected chi connectivity index (χ3v) is 7.82. The second-order valence-electron chi connectivity index (χ2n) is 8.40. The molecule has 0 radical (unpaired) electrons. The highest BCUT2D eigenvalue weighted by Crippen LogP contribution is 2.39. The molecular formula is C27H20Cl2N2O3S. The summed E-state index contributed by atoms with van der Waals surface area (Å²) in [7, 11) is -3.36. The lowest BCUT2D eigenvalue weighted by Crippen LogP contribution is -2.11. The molecule has 0 saturated heterocycles. The molecule has 0 bridgehead atoms. The van der Waals surface area contributed by atoms with E-state index < -0.39 is 15.7 Å². The van der Waals surface area contributed by atoms with E-state index in [0.717, 1.165) is 32.9 Å². The summed E-state index contributed by atoms with van der Waals surface area (Å²) in [5.41, 5.74) is 10.1. The molecule has 0 aliphatic rings. The van der Waals surface area contributed by atoms with Crippen LogP contribution in [0.4, 0.5) is 0 Å². The topological polar surface area (TPSA) is 82.2 Å². The van der Waals surface area contributed by atoms with Gasteiger partial charge in [0, 0.05) is 44.7 Å². The number of nitrogens with zero attached hydrogens (tertiary/aromatic N) is 1. The zero-order chi connectivity index (χ0) is 24.9. The molecule has 0 fully saturated rings. The molecule has 176 valence electrons. The number of primary amides is 1. The number of fused-ring (bicyclic) bond motifs is 3. The minimum absolute atomic E-state index is 0.247. The number of halogens is 2. The van der Waals surface area contributed by atoms with Gasteiger partial charge in [0.15, 0.2) is 9.84 Å². The number of hydrogen-bond acceptors (Lipinski definition) is 3. The molecule has 4 aromatic carbocycles. The molecule has 0 aliphatic carbocycles. The van der Waals surface area contributed by atoms with Crippen LogP contribution < -0.4 is 5.73 Å². The standard InChI is InChI=1S/C27H20Cl2N2O3S/c1-35(33,34)18-6-2-5-16(13-18)15-31-23-10-3-7-20(27(30)32)26(23)19-12-11-17(14-24(19)31)25-21(28)8-4-9-22(25)29/h2-14H,15H2,1H3,(H2,30,32). The van der Waals surface area contributed by atoms with Gasteiger partial charge in [0.1, 0.15) is 0 Å². The van der Waals surface area contributed by atoms with Crippen molar-refractivity contribution in [2.45, 2.75) is 11.4 Å². The van der Waals surface area contributed by atoms with Gasteiger partial charge in [-0.05, 0) is 53.6 Å². The minimum Gasteiger partial charge on any atom is -0.366 e. The molecule has 0 spiro atoms. The molecule has 5 nitrogen and oxygen atoms in total. The number of aromatic nitrogens is 1. The second kappa shape index (κ2) is 8.72. The van der Waals surface area contributed by atoms with Gasteiger partial charge >= 0.3 is 0 Å². The molecule has 0 atom stereocenters. The van der Waals surface area contributed by atoms with Crippen LogP contribution in [0.2, 0.25) is 10.0 Å². The van der Waals surface area contributed by atoms with E-state index in [4.69, 9.17) is 28.9 Å². The SMILES string of the molecule is CS(=O)(=O)c1cccc(Cn2c3cc(-c4c(Cl)cccc4Cl)ccc3c3c(C(N)=O)cccc32)c1. The van der Waals surface area contributed by atoms with Crippen LogP contribution in [0, 0.1) is 0 Å². The summed E-state index contributed by atoms with van der Waals surface area (Å²) in [4.78, 5) is 12.5. The molecule has 5 aromatic rings. The van der Waals surface area contributed by atoms with E-state index in [0.29, 0.717) is 27.7 Å². The van der Waals surface area contributed by atoms with E-state index in [1.54, 1.807) is 48.5 Å². The summed E-state index contributed by atoms with van der Waals surface area (Å²) in [5.74, 6) is -0.521. The highest BCUT2D eigenvalue weighted by molar-refractivity contribution is 7.90. The zero-order valence-corrected chi connectivity index (χ0v) is 21.0. The van der Waals surface area contributed by atoms with Crippen molar-refractivity contribution in [3.05, 3.63) is 100 Å². The molecule has 1 heterocycles. The number of sulfone groups is 1. The van der Waals surface area contributed by atoms with Crippen LogP contribution in [0.3, 0.4) is 0 Å². The van der Waals surface area contributed by atoms with E-state index >= 15 is 0 Å². The van der Waals surface area contributed by atoms with Gasteiger partial charge in [0.05, 0.1) is 15.9 Å². The summed E-state index contributed by atoms with van der Waals surface area (Å²) in [5, 5.41) is 2.64. The van der Waals surface area contributed by atoms with Gasteiger partial charge < -0.3 is 10.3 Å². The number of amides is 1. The largest absolute Gasteiger partial charge is 0.366 e. The molecule has 0 saturated carbocycles. The number of carbonyl (C=O) groups excluding carboxylic acids is 1. The maximum Gasteiger partial charge on any atom is 0.249 e. The van der Waals surface area contributed by atoms with E-state index in [9.17, 15) is 13.2 Å². The Morgan fingerprint density at radius 3 is 2.26 bits per heavy atom. The van der Waals surface area contributed by atoms with Crippen LogP contribution in [-0.2, 0) is 16.4 Å². The molecule has 1 aromatic heterocycles. The number of hydrogen-bond donors (Lipinski definition) is 1. The van der Waals surface area contributed by atoms with Crippen LogP contribution >= 0.6 is 23.2 Å². The Morgan fingerprint density at radius 2 is 1.57 bits per heavy atom. The van der Waals surface area contributed by atoms with Gasteiger partial charge in [-0.25, -0.2) is 8.42 Å². The first kappa shape index (κ1) is 23.4. The van der Waals surface area contributed by atoms with E-state index in [1.165, 1.54) is 6.26 Å². The van der Waals surface area contributed by atoms with Crippen LogP contribution in [0.1, 0.15) is 15.9 Å². The molecule has 0 unspecified atom stereocenters. The average molecular weight is 523 g/mol. The zero-order valence-electron chi connectivity index (χ0n) is 18.6. The van der Waals surface area contributed by atoms with Crippen molar-refractivity contribution < 1.29 is 13.2 Å². The Kier molecular flexibility index (Phi) is 5.83. The van der Waals surface area contributed by atoms with Crippen molar-refractivity contribution in [3.63, 3.8) is 0 Å². The van der Waals surface area contributed by atoms with Crippen molar-refractivity contribution in [1.29, 1.82) is 0 Å². The lowest BCUT2D eigenvalue weighted by molar-refractivity contribution is 0.100. The molecule has 0 aliphatic heterocycles. The first-order valence-electron chi connectivity index (χ1n) is 10.7. The molecular weight excluding hydrogens is 503 g/mol. The maximum atomic E-state index is 12.3. The summed E-state index contributed by atoms with van der Waals surface area (Å²) in [6, 6.07) is 23.4. The lowest BCUT2D eigenvalue weighted by Gasteiger charge is -2.11. The van der Waals surface area contributed by atoms with Gasteiger partial charge in [0.25, 0.3) is 0 Å². The summed E-state index contributed by atoms with van der Waals surface area (Å²) < 4.78 is 26.3. The normalized spacial score (nSPS) is 11.9. The fraction of sp³-hybridized carbons (Fsp3) is 0.0741. The van der Waals surface area contributed by atoms with Gasteiger partial charge in [-0.3, -0.25) is 4.79 Å². The Hall–Kier alpha value is -3.32. The van der Waals surface area contributed by atoms with E-state index in [2.05, 4.69) is 0 Å². The van der Waals surface area contributed by atoms with Gasteiger partial charge in [-0.15, -0.1) is 0 Å². The lowest BCUT2D eigenvalue weighted by atomic mass is 10.0. The Labute approximate surface area is 212 Å². The fourth-order valence-corrected chi connectivity index (χ4v) is 5.81. The minimum atomic E-state index is -3.36. The van der Waals surface area contributed by atoms with Crippen molar-refractivity contribution in [2.75, 3.05) is 6.26 Å². The van der Waals surface area contributed by atoms with E-state index in [1.807, 2.05) is 34.9 Å². The van der Waals surface area contributed by atoms with E-state index in [-0.39, 0.29) is 4.90 Å². The van der Waals surface area contributed by atoms with Gasteiger partial charge in [0.2, 0.25) is 5.91 Å². The summed E-state index contributed by atoms with van der Waals surface area (Å²) >= 11 is 13.0. The number of rotatable bonds is 5. The quantitative estimate of drug-likeness (QED) is 0.293. The fourth-order valence-electron chi connectivity index (χ4n) is 4.51. The Bertz CT molecular complexity index is 1740. The first-order chi connectivity index (χ1) is 16.6. The van der Waals surface area contributed by atoms with Gasteiger partial charge in [-0.1, -0.05) is 59.6 Å². The monoisotopic (exact) mass is 522 g/mol. The third-order valence-electron chi connectivity index (χ3n) is 6.08. The second-order valence-corrected chi connectivity index (χ2v) is 11.2. The van der Waals surface area contributed by atoms with Crippen molar-refractivity contribution in [3.8, 4) is 11.1 Å². The summed E-state index contributed by atoms with van der Waals surface area (Å²) in [6.45, 7) is 0.380. The predicted molar refractivity (Wildman–Crippen MR) is 142 cm³/mol. The first-order valence-corrected chi connectivity index (χ1v) is 13.4. The van der Waals surface area contributed by atoms with Crippen LogP contribution in [-0.4, -0.2) is 25.1 Å². The number of carbonyl (C=O) groups is 1. The predicted octanol–water partition coefficient (Wildman–Crippen LogP) is 6.32. The third kappa shape index (κ3) is 4.18. The van der Waals surface area contributed by atoms with Crippen LogP contribution in [0.25, 0.3) is 32.9 Å². The highest BCUT2D eigenvalue weighted by Gasteiger charge is 2.19. The Morgan fingerprint density at radius 1 is 0.886 bits per heavy atom. The smallest absolute Gasteiger partial charge is 0.249 e. The number of nitrogens with two attached hydrogens (primary N) is 1. The molecule has 5 rings (SSSR count). The van der Waals surface area contributed by atoms with Crippen LogP contribution in [0.5, 0.6) is 0 Å². The maximum absolute atomic E-state index is 12.3. The van der Waals surface area contributed by atoms with Crippen molar-refractivity contribution in [1.82, 2.24) is 4.57 Å².